The number of nitrogens with zero attached hydrogens (tertiary/aromatic N) is 1. The number of likely N-dealkylation sites (tertiary alicyclic amines) is 1. The van der Waals surface area contributed by atoms with Crippen LogP contribution in [0, 0.1) is 0 Å². The van der Waals surface area contributed by atoms with E-state index in [-0.39, 0.29) is 0 Å². The van der Waals surface area contributed by atoms with E-state index in [1.165, 1.54) is 50.5 Å². The summed E-state index contributed by atoms with van der Waals surface area (Å²) in [5.41, 5.74) is 1.43. The van der Waals surface area contributed by atoms with Gasteiger partial charge in [0.25, 0.3) is 0 Å². The van der Waals surface area contributed by atoms with Gasteiger partial charge in [-0.2, -0.15) is 0 Å². The Balaban J connectivity index is 2.06. The van der Waals surface area contributed by atoms with Crippen LogP contribution in [0.3, 0.4) is 0 Å². The molecule has 2 nitrogen and oxygen atoms in total. The number of hydrogen-bond donors (Lipinski definition) is 1. The number of hydrogen-bond acceptors (Lipinski definition) is 2. The molecule has 1 aliphatic rings. The Morgan fingerprint density at radius 1 is 1.14 bits per heavy atom. The minimum atomic E-state index is 0.304. The van der Waals surface area contributed by atoms with Crippen LogP contribution in [0.15, 0.2) is 30.3 Å². The molecule has 21 heavy (non-hydrogen) atoms. The first-order chi connectivity index (χ1) is 10.4. The van der Waals surface area contributed by atoms with Gasteiger partial charge in [0.15, 0.2) is 0 Å². The Hall–Kier alpha value is -0.860. The molecule has 0 bridgehead atoms. The van der Waals surface area contributed by atoms with Crippen molar-refractivity contribution in [2.24, 2.45) is 0 Å². The fourth-order valence-corrected chi connectivity index (χ4v) is 3.59. The number of aliphatic hydroxyl groups excluding tert-OH is 1. The molecule has 2 rings (SSSR count). The summed E-state index contributed by atoms with van der Waals surface area (Å²) in [7, 11) is 0. The SMILES string of the molecule is CCCCCC[C@H](c1ccccc1)N1CCCC[C@@H]1CO. The largest absolute Gasteiger partial charge is 0.395 e. The summed E-state index contributed by atoms with van der Waals surface area (Å²) in [5.74, 6) is 0. The molecule has 0 saturated carbocycles. The molecule has 0 amide bonds. The maximum Gasteiger partial charge on any atom is 0.0587 e. The Labute approximate surface area is 130 Å². The molecule has 1 saturated heterocycles. The summed E-state index contributed by atoms with van der Waals surface area (Å²) in [4.78, 5) is 2.57. The first kappa shape index (κ1) is 16.5. The second kappa shape index (κ2) is 9.22. The molecule has 0 aliphatic carbocycles. The van der Waals surface area contributed by atoms with Crippen LogP contribution in [-0.2, 0) is 0 Å². The molecule has 0 aromatic heterocycles. The van der Waals surface area contributed by atoms with E-state index in [4.69, 9.17) is 0 Å². The molecule has 1 aliphatic heterocycles. The lowest BCUT2D eigenvalue weighted by molar-refractivity contribution is 0.0479. The molecule has 0 spiro atoms. The Kier molecular flexibility index (Phi) is 7.25. The lowest BCUT2D eigenvalue weighted by Gasteiger charge is -2.41. The van der Waals surface area contributed by atoms with Crippen LogP contribution < -0.4 is 0 Å². The van der Waals surface area contributed by atoms with E-state index in [0.29, 0.717) is 18.7 Å². The number of unbranched alkanes of at least 4 members (excludes halogenated alkanes) is 3. The van der Waals surface area contributed by atoms with Gasteiger partial charge < -0.3 is 5.11 Å². The van der Waals surface area contributed by atoms with Gasteiger partial charge in [-0.05, 0) is 31.4 Å². The van der Waals surface area contributed by atoms with E-state index in [1.807, 2.05) is 0 Å². The van der Waals surface area contributed by atoms with Crippen molar-refractivity contribution in [2.45, 2.75) is 70.4 Å². The first-order valence-corrected chi connectivity index (χ1v) is 8.78. The maximum atomic E-state index is 9.73. The normalized spacial score (nSPS) is 21.3. The molecule has 2 heteroatoms. The van der Waals surface area contributed by atoms with Crippen LogP contribution in [0.1, 0.15) is 69.9 Å². The van der Waals surface area contributed by atoms with Crippen molar-refractivity contribution >= 4 is 0 Å². The van der Waals surface area contributed by atoms with E-state index in [1.54, 1.807) is 0 Å². The van der Waals surface area contributed by atoms with Crippen LogP contribution in [0.2, 0.25) is 0 Å². The van der Waals surface area contributed by atoms with E-state index < -0.39 is 0 Å². The van der Waals surface area contributed by atoms with Gasteiger partial charge in [0.2, 0.25) is 0 Å². The van der Waals surface area contributed by atoms with Crippen molar-refractivity contribution in [1.82, 2.24) is 4.90 Å². The van der Waals surface area contributed by atoms with Crippen LogP contribution in [-0.4, -0.2) is 29.2 Å². The molecule has 118 valence electrons. The predicted molar refractivity (Wildman–Crippen MR) is 89.4 cm³/mol. The third-order valence-electron chi connectivity index (χ3n) is 4.80. The zero-order valence-corrected chi connectivity index (χ0v) is 13.5. The highest BCUT2D eigenvalue weighted by Crippen LogP contribution is 2.32. The highest BCUT2D eigenvalue weighted by molar-refractivity contribution is 5.19. The average Bonchev–Trinajstić information content (AvgIpc) is 2.56. The van der Waals surface area contributed by atoms with Gasteiger partial charge in [0.1, 0.15) is 0 Å². The second-order valence-corrected chi connectivity index (χ2v) is 6.35. The lowest BCUT2D eigenvalue weighted by Crippen LogP contribution is -2.44. The molecule has 1 N–H and O–H groups in total. The zero-order chi connectivity index (χ0) is 14.9. The van der Waals surface area contributed by atoms with Crippen molar-refractivity contribution in [3.63, 3.8) is 0 Å². The lowest BCUT2D eigenvalue weighted by atomic mass is 9.93. The van der Waals surface area contributed by atoms with Gasteiger partial charge in [-0.15, -0.1) is 0 Å². The van der Waals surface area contributed by atoms with Crippen molar-refractivity contribution < 1.29 is 5.11 Å². The molecule has 1 aromatic carbocycles. The second-order valence-electron chi connectivity index (χ2n) is 6.35. The fraction of sp³-hybridized carbons (Fsp3) is 0.684. The summed E-state index contributed by atoms with van der Waals surface area (Å²) in [6.07, 6.45) is 10.2. The summed E-state index contributed by atoms with van der Waals surface area (Å²) >= 11 is 0. The van der Waals surface area contributed by atoms with E-state index in [9.17, 15) is 5.11 Å². The molecule has 1 aromatic rings. The van der Waals surface area contributed by atoms with Crippen molar-refractivity contribution in [1.29, 1.82) is 0 Å². The number of aliphatic hydroxyl groups is 1. The summed E-state index contributed by atoms with van der Waals surface area (Å²) in [6, 6.07) is 11.7. The average molecular weight is 289 g/mol. The molecular weight excluding hydrogens is 258 g/mol. The van der Waals surface area contributed by atoms with Crippen molar-refractivity contribution in [2.75, 3.05) is 13.2 Å². The van der Waals surface area contributed by atoms with Crippen LogP contribution in [0.5, 0.6) is 0 Å². The Morgan fingerprint density at radius 2 is 1.95 bits per heavy atom. The van der Waals surface area contributed by atoms with Gasteiger partial charge in [-0.1, -0.05) is 69.4 Å². The number of rotatable bonds is 8. The Morgan fingerprint density at radius 3 is 2.67 bits per heavy atom. The summed E-state index contributed by atoms with van der Waals surface area (Å²) in [5, 5.41) is 9.73. The molecule has 1 heterocycles. The third kappa shape index (κ3) is 4.82. The zero-order valence-electron chi connectivity index (χ0n) is 13.5. The highest BCUT2D eigenvalue weighted by atomic mass is 16.3. The Bertz CT molecular complexity index is 378. The van der Waals surface area contributed by atoms with Crippen LogP contribution in [0.4, 0.5) is 0 Å². The van der Waals surface area contributed by atoms with E-state index in [2.05, 4.69) is 42.2 Å². The molecule has 0 unspecified atom stereocenters. The number of benzene rings is 1. The predicted octanol–water partition coefficient (Wildman–Crippen LogP) is 4.54. The maximum absolute atomic E-state index is 9.73. The third-order valence-corrected chi connectivity index (χ3v) is 4.80. The fourth-order valence-electron chi connectivity index (χ4n) is 3.59. The van der Waals surface area contributed by atoms with Crippen LogP contribution >= 0.6 is 0 Å². The molecular formula is C19H31NO. The summed E-state index contributed by atoms with van der Waals surface area (Å²) in [6.45, 7) is 3.71. The molecule has 2 atom stereocenters. The smallest absolute Gasteiger partial charge is 0.0587 e. The van der Waals surface area contributed by atoms with Crippen molar-refractivity contribution in [3.05, 3.63) is 35.9 Å². The van der Waals surface area contributed by atoms with Crippen LogP contribution in [0.25, 0.3) is 0 Å². The molecule has 0 radical (unpaired) electrons. The quantitative estimate of drug-likeness (QED) is 0.710. The van der Waals surface area contributed by atoms with E-state index in [0.717, 1.165) is 13.0 Å². The topological polar surface area (TPSA) is 23.5 Å². The minimum absolute atomic E-state index is 0.304. The van der Waals surface area contributed by atoms with Crippen molar-refractivity contribution in [3.8, 4) is 0 Å². The van der Waals surface area contributed by atoms with Gasteiger partial charge in [-0.3, -0.25) is 4.90 Å². The van der Waals surface area contributed by atoms with Gasteiger partial charge >= 0.3 is 0 Å². The first-order valence-electron chi connectivity index (χ1n) is 8.78. The highest BCUT2D eigenvalue weighted by Gasteiger charge is 2.28. The standard InChI is InChI=1S/C19H31NO/c1-2-3-4-8-14-19(17-11-6-5-7-12-17)20-15-10-9-13-18(20)16-21/h5-7,11-12,18-19,21H,2-4,8-10,13-16H2,1H3/t18-,19-/m1/s1. The monoisotopic (exact) mass is 289 g/mol. The van der Waals surface area contributed by atoms with Gasteiger partial charge in [0.05, 0.1) is 6.61 Å². The summed E-state index contributed by atoms with van der Waals surface area (Å²) < 4.78 is 0. The molecule has 1 fully saturated rings. The minimum Gasteiger partial charge on any atom is -0.395 e. The van der Waals surface area contributed by atoms with E-state index >= 15 is 0 Å². The van der Waals surface area contributed by atoms with Gasteiger partial charge in [0, 0.05) is 12.1 Å². The number of piperidine rings is 1. The van der Waals surface area contributed by atoms with Gasteiger partial charge in [-0.25, -0.2) is 0 Å².